The molecule has 0 radical (unpaired) electrons. The first-order chi connectivity index (χ1) is 16.6. The first-order valence-corrected chi connectivity index (χ1v) is 10.9. The molecule has 0 aliphatic carbocycles. The Morgan fingerprint density at radius 3 is 2.46 bits per heavy atom. The van der Waals surface area contributed by atoms with Crippen molar-refractivity contribution < 1.29 is 27.9 Å². The summed E-state index contributed by atoms with van der Waals surface area (Å²) in [5, 5.41) is 12.6. The first kappa shape index (κ1) is 24.3. The van der Waals surface area contributed by atoms with Gasteiger partial charge in [0.2, 0.25) is 5.91 Å². The van der Waals surface area contributed by atoms with E-state index < -0.39 is 17.7 Å². The van der Waals surface area contributed by atoms with E-state index in [0.717, 1.165) is 17.7 Å². The summed E-state index contributed by atoms with van der Waals surface area (Å²) in [6.45, 7) is 0.0434. The molecule has 0 unspecified atom stereocenters. The molecule has 1 heterocycles. The van der Waals surface area contributed by atoms with E-state index in [9.17, 15) is 27.9 Å². The summed E-state index contributed by atoms with van der Waals surface area (Å²) in [6, 6.07) is 16.2. The smallest absolute Gasteiger partial charge is 0.416 e. The summed E-state index contributed by atoms with van der Waals surface area (Å²) >= 11 is 5.96. The van der Waals surface area contributed by atoms with Crippen molar-refractivity contribution in [1.29, 1.82) is 0 Å². The molecule has 3 aromatic carbocycles. The summed E-state index contributed by atoms with van der Waals surface area (Å²) in [7, 11) is 0. The molecular weight excluding hydrogens is 483 g/mol. The van der Waals surface area contributed by atoms with Crippen LogP contribution < -0.4 is 5.32 Å². The predicted molar refractivity (Wildman–Crippen MR) is 124 cm³/mol. The largest absolute Gasteiger partial charge is 0.478 e. The van der Waals surface area contributed by atoms with Crippen molar-refractivity contribution in [3.05, 3.63) is 99.8 Å². The van der Waals surface area contributed by atoms with Crippen molar-refractivity contribution in [3.63, 3.8) is 0 Å². The van der Waals surface area contributed by atoms with E-state index in [4.69, 9.17) is 11.6 Å². The molecule has 6 nitrogen and oxygen atoms in total. The van der Waals surface area contributed by atoms with Gasteiger partial charge in [0.25, 0.3) is 0 Å². The SMILES string of the molecule is O=C(Cc1cccc(Cl)c1)NCc1nc2cc(C(=O)O)ccc2n1Cc1cccc(C(F)(F)F)c1. The van der Waals surface area contributed by atoms with E-state index in [2.05, 4.69) is 10.3 Å². The third kappa shape index (κ3) is 5.81. The Hall–Kier alpha value is -3.85. The summed E-state index contributed by atoms with van der Waals surface area (Å²) in [5.41, 5.74) is 1.25. The number of hydrogen-bond acceptors (Lipinski definition) is 3. The van der Waals surface area contributed by atoms with Gasteiger partial charge in [-0.2, -0.15) is 13.2 Å². The molecule has 10 heteroatoms. The third-order valence-corrected chi connectivity index (χ3v) is 5.60. The second kappa shape index (κ2) is 9.79. The maximum Gasteiger partial charge on any atom is 0.416 e. The molecule has 2 N–H and O–H groups in total. The van der Waals surface area contributed by atoms with Gasteiger partial charge < -0.3 is 15.0 Å². The molecule has 0 atom stereocenters. The average molecular weight is 502 g/mol. The molecule has 0 bridgehead atoms. The van der Waals surface area contributed by atoms with Crippen LogP contribution in [0.2, 0.25) is 5.02 Å². The molecule has 0 fully saturated rings. The molecular formula is C25H19ClF3N3O3. The van der Waals surface area contributed by atoms with Crippen LogP contribution in [0.3, 0.4) is 0 Å². The minimum atomic E-state index is -4.49. The number of aromatic nitrogens is 2. The van der Waals surface area contributed by atoms with E-state index in [1.165, 1.54) is 18.2 Å². The summed E-state index contributed by atoms with van der Waals surface area (Å²) < 4.78 is 41.2. The normalized spacial score (nSPS) is 11.5. The second-order valence-electron chi connectivity index (χ2n) is 7.90. The number of nitrogens with one attached hydrogen (secondary N) is 1. The summed E-state index contributed by atoms with van der Waals surface area (Å²) in [6.07, 6.45) is -4.40. The topological polar surface area (TPSA) is 84.2 Å². The Kier molecular flexibility index (Phi) is 6.79. The van der Waals surface area contributed by atoms with E-state index >= 15 is 0 Å². The van der Waals surface area contributed by atoms with Crippen molar-refractivity contribution >= 4 is 34.5 Å². The number of carbonyl (C=O) groups excluding carboxylic acids is 1. The number of carbonyl (C=O) groups is 2. The molecule has 35 heavy (non-hydrogen) atoms. The van der Waals surface area contributed by atoms with Crippen molar-refractivity contribution in [2.45, 2.75) is 25.7 Å². The molecule has 1 aromatic heterocycles. The van der Waals surface area contributed by atoms with Gasteiger partial charge in [-0.1, -0.05) is 35.9 Å². The highest BCUT2D eigenvalue weighted by Crippen LogP contribution is 2.30. The Labute approximate surface area is 203 Å². The number of fused-ring (bicyclic) bond motifs is 1. The van der Waals surface area contributed by atoms with Crippen LogP contribution in [0.5, 0.6) is 0 Å². The number of imidazole rings is 1. The number of rotatable bonds is 7. The zero-order valence-electron chi connectivity index (χ0n) is 18.1. The fraction of sp³-hybridized carbons (Fsp3) is 0.160. The number of carboxylic acids is 1. The number of nitrogens with zero attached hydrogens (tertiary/aromatic N) is 2. The number of amides is 1. The highest BCUT2D eigenvalue weighted by atomic mass is 35.5. The van der Waals surface area contributed by atoms with Crippen molar-refractivity contribution in [1.82, 2.24) is 14.9 Å². The molecule has 4 rings (SSSR count). The molecule has 180 valence electrons. The minimum absolute atomic E-state index is 0.00452. The Bertz CT molecular complexity index is 1420. The Morgan fingerprint density at radius 2 is 1.74 bits per heavy atom. The molecule has 0 saturated heterocycles. The van der Waals surface area contributed by atoms with Crippen LogP contribution in [0, 0.1) is 0 Å². The van der Waals surface area contributed by atoms with E-state index in [1.54, 1.807) is 41.0 Å². The fourth-order valence-electron chi connectivity index (χ4n) is 3.73. The number of aromatic carboxylic acids is 1. The summed E-state index contributed by atoms with van der Waals surface area (Å²) in [5.74, 6) is -1.05. The van der Waals surface area contributed by atoms with Crippen LogP contribution in [0.15, 0.2) is 66.7 Å². The predicted octanol–water partition coefficient (Wildman–Crippen LogP) is 5.31. The van der Waals surface area contributed by atoms with Gasteiger partial charge in [0.15, 0.2) is 0 Å². The molecule has 1 amide bonds. The average Bonchev–Trinajstić information content (AvgIpc) is 3.14. The van der Waals surface area contributed by atoms with Gasteiger partial charge in [0.1, 0.15) is 5.82 Å². The van der Waals surface area contributed by atoms with Crippen LogP contribution in [0.4, 0.5) is 13.2 Å². The molecule has 0 aliphatic heterocycles. The van der Waals surface area contributed by atoms with Gasteiger partial charge >= 0.3 is 12.1 Å². The lowest BCUT2D eigenvalue weighted by atomic mass is 10.1. The second-order valence-corrected chi connectivity index (χ2v) is 8.34. The molecule has 0 aliphatic rings. The lowest BCUT2D eigenvalue weighted by Gasteiger charge is -2.13. The van der Waals surface area contributed by atoms with Crippen LogP contribution in [0.25, 0.3) is 11.0 Å². The van der Waals surface area contributed by atoms with Gasteiger partial charge in [0.05, 0.1) is 35.1 Å². The zero-order valence-corrected chi connectivity index (χ0v) is 18.9. The van der Waals surface area contributed by atoms with Crippen LogP contribution in [-0.2, 0) is 30.5 Å². The molecule has 4 aromatic rings. The standard InChI is InChI=1S/C25H19ClF3N3O3/c26-19-6-2-3-15(10-19)11-23(33)30-13-22-31-20-12-17(24(34)35)7-8-21(20)32(22)14-16-4-1-5-18(9-16)25(27,28)29/h1-10,12H,11,13-14H2,(H,30,33)(H,34,35). The lowest BCUT2D eigenvalue weighted by Crippen LogP contribution is -2.26. The highest BCUT2D eigenvalue weighted by molar-refractivity contribution is 6.30. The monoisotopic (exact) mass is 501 g/mol. The molecule has 0 saturated carbocycles. The number of benzene rings is 3. The van der Waals surface area contributed by atoms with Crippen LogP contribution in [0.1, 0.15) is 32.9 Å². The van der Waals surface area contributed by atoms with Gasteiger partial charge in [-0.25, -0.2) is 9.78 Å². The fourth-order valence-corrected chi connectivity index (χ4v) is 3.94. The van der Waals surface area contributed by atoms with Gasteiger partial charge in [-0.15, -0.1) is 0 Å². The number of halogens is 4. The quantitative estimate of drug-likeness (QED) is 0.359. The van der Waals surface area contributed by atoms with Gasteiger partial charge in [-0.3, -0.25) is 4.79 Å². The highest BCUT2D eigenvalue weighted by Gasteiger charge is 2.30. The van der Waals surface area contributed by atoms with E-state index in [1.807, 2.05) is 0 Å². The minimum Gasteiger partial charge on any atom is -0.478 e. The lowest BCUT2D eigenvalue weighted by molar-refractivity contribution is -0.137. The number of hydrogen-bond donors (Lipinski definition) is 2. The van der Waals surface area contributed by atoms with E-state index in [-0.39, 0.29) is 31.0 Å². The molecule has 0 spiro atoms. The third-order valence-electron chi connectivity index (χ3n) is 5.37. The van der Waals surface area contributed by atoms with Crippen molar-refractivity contribution in [2.75, 3.05) is 0 Å². The first-order valence-electron chi connectivity index (χ1n) is 10.5. The van der Waals surface area contributed by atoms with Gasteiger partial charge in [-0.05, 0) is 53.6 Å². The van der Waals surface area contributed by atoms with Crippen molar-refractivity contribution in [2.24, 2.45) is 0 Å². The Morgan fingerprint density at radius 1 is 1.00 bits per heavy atom. The number of carboxylic acid groups (broad SMARTS) is 1. The zero-order chi connectivity index (χ0) is 25.2. The number of alkyl halides is 3. The van der Waals surface area contributed by atoms with E-state index in [0.29, 0.717) is 27.4 Å². The van der Waals surface area contributed by atoms with Crippen LogP contribution in [-0.4, -0.2) is 26.5 Å². The maximum absolute atomic E-state index is 13.2. The Balaban J connectivity index is 1.63. The maximum atomic E-state index is 13.2. The van der Waals surface area contributed by atoms with Gasteiger partial charge in [0, 0.05) is 11.6 Å². The van der Waals surface area contributed by atoms with Crippen LogP contribution >= 0.6 is 11.6 Å². The summed E-state index contributed by atoms with van der Waals surface area (Å²) in [4.78, 5) is 28.3. The van der Waals surface area contributed by atoms with Crippen molar-refractivity contribution in [3.8, 4) is 0 Å².